The number of hydrogen-bond acceptors (Lipinski definition) is 5. The van der Waals surface area contributed by atoms with E-state index in [1.165, 1.54) is 0 Å². The third-order valence-electron chi connectivity index (χ3n) is 4.64. The third kappa shape index (κ3) is 4.40. The number of carbonyl (C=O) groups is 1. The fourth-order valence-corrected chi connectivity index (χ4v) is 3.03. The number of nitrogens with one attached hydrogen (secondary N) is 1. The molecular weight excluding hydrogens is 366 g/mol. The fraction of sp³-hybridized carbons (Fsp3) is 0.182. The van der Waals surface area contributed by atoms with Gasteiger partial charge in [-0.1, -0.05) is 30.3 Å². The summed E-state index contributed by atoms with van der Waals surface area (Å²) in [5.74, 6) is 1.35. The maximum absolute atomic E-state index is 12.2. The Kier molecular flexibility index (Phi) is 5.47. The molecule has 7 heteroatoms. The highest BCUT2D eigenvalue weighted by molar-refractivity contribution is 5.76. The van der Waals surface area contributed by atoms with Crippen LogP contribution >= 0.6 is 0 Å². The van der Waals surface area contributed by atoms with E-state index < -0.39 is 0 Å². The zero-order valence-corrected chi connectivity index (χ0v) is 16.1. The van der Waals surface area contributed by atoms with Crippen molar-refractivity contribution in [1.82, 2.24) is 25.1 Å². The number of nitrogens with zero attached hydrogens (tertiary/aromatic N) is 4. The predicted octanol–water partition coefficient (Wildman–Crippen LogP) is 3.05. The molecule has 0 aliphatic carbocycles. The molecule has 0 saturated heterocycles. The van der Waals surface area contributed by atoms with Crippen LogP contribution in [0, 0.1) is 0 Å². The Labute approximate surface area is 168 Å². The van der Waals surface area contributed by atoms with Gasteiger partial charge in [-0.2, -0.15) is 9.61 Å². The molecular formula is C22H21N5O2. The van der Waals surface area contributed by atoms with Gasteiger partial charge in [0.2, 0.25) is 5.91 Å². The zero-order chi connectivity index (χ0) is 20.1. The molecule has 29 heavy (non-hydrogen) atoms. The van der Waals surface area contributed by atoms with Crippen molar-refractivity contribution >= 4 is 11.6 Å². The second-order valence-electron chi connectivity index (χ2n) is 6.60. The molecule has 1 amide bonds. The van der Waals surface area contributed by atoms with Gasteiger partial charge in [-0.05, 0) is 48.4 Å². The van der Waals surface area contributed by atoms with Gasteiger partial charge in [0.05, 0.1) is 19.3 Å². The quantitative estimate of drug-likeness (QED) is 0.527. The minimum absolute atomic E-state index is 0.0306. The molecule has 2 heterocycles. The maximum atomic E-state index is 12.2. The van der Waals surface area contributed by atoms with Crippen LogP contribution in [0.4, 0.5) is 0 Å². The van der Waals surface area contributed by atoms with E-state index in [0.717, 1.165) is 22.6 Å². The lowest BCUT2D eigenvalue weighted by atomic mass is 10.1. The van der Waals surface area contributed by atoms with Gasteiger partial charge < -0.3 is 10.1 Å². The van der Waals surface area contributed by atoms with Crippen LogP contribution in [-0.2, 0) is 17.8 Å². The molecule has 0 bridgehead atoms. The van der Waals surface area contributed by atoms with Crippen LogP contribution in [0.15, 0.2) is 66.7 Å². The van der Waals surface area contributed by atoms with Gasteiger partial charge in [0, 0.05) is 12.0 Å². The summed E-state index contributed by atoms with van der Waals surface area (Å²) < 4.78 is 6.86. The largest absolute Gasteiger partial charge is 0.497 e. The first-order valence-corrected chi connectivity index (χ1v) is 9.39. The van der Waals surface area contributed by atoms with E-state index in [1.54, 1.807) is 11.6 Å². The SMILES string of the molecule is COc1ccc(-c2ccc3nnc(CNC(=O)CCc4ccccc4)n3n2)cc1. The maximum Gasteiger partial charge on any atom is 0.220 e. The Hall–Kier alpha value is -3.74. The summed E-state index contributed by atoms with van der Waals surface area (Å²) in [6.07, 6.45) is 1.12. The summed E-state index contributed by atoms with van der Waals surface area (Å²) in [5.41, 5.74) is 3.52. The molecule has 0 unspecified atom stereocenters. The highest BCUT2D eigenvalue weighted by Crippen LogP contribution is 2.20. The van der Waals surface area contributed by atoms with E-state index in [2.05, 4.69) is 20.6 Å². The third-order valence-corrected chi connectivity index (χ3v) is 4.64. The van der Waals surface area contributed by atoms with Gasteiger partial charge in [0.1, 0.15) is 5.75 Å². The molecule has 2 aromatic carbocycles. The topological polar surface area (TPSA) is 81.4 Å². The van der Waals surface area contributed by atoms with E-state index in [4.69, 9.17) is 4.74 Å². The number of rotatable bonds is 7. The molecule has 7 nitrogen and oxygen atoms in total. The van der Waals surface area contributed by atoms with Crippen molar-refractivity contribution in [3.05, 3.63) is 78.1 Å². The summed E-state index contributed by atoms with van der Waals surface area (Å²) in [7, 11) is 1.64. The van der Waals surface area contributed by atoms with Gasteiger partial charge in [0.25, 0.3) is 0 Å². The molecule has 2 aromatic heterocycles. The van der Waals surface area contributed by atoms with Crippen LogP contribution in [0.25, 0.3) is 16.9 Å². The number of methoxy groups -OCH3 is 1. The van der Waals surface area contributed by atoms with Crippen LogP contribution in [0.2, 0.25) is 0 Å². The lowest BCUT2D eigenvalue weighted by Gasteiger charge is -2.06. The van der Waals surface area contributed by atoms with Crippen LogP contribution in [0.5, 0.6) is 5.75 Å². The number of aromatic nitrogens is 4. The predicted molar refractivity (Wildman–Crippen MR) is 109 cm³/mol. The number of carbonyl (C=O) groups excluding carboxylic acids is 1. The fourth-order valence-electron chi connectivity index (χ4n) is 3.03. The Morgan fingerprint density at radius 2 is 1.79 bits per heavy atom. The molecule has 0 saturated carbocycles. The van der Waals surface area contributed by atoms with E-state index in [1.807, 2.05) is 66.7 Å². The van der Waals surface area contributed by atoms with Crippen molar-refractivity contribution < 1.29 is 9.53 Å². The van der Waals surface area contributed by atoms with Crippen molar-refractivity contribution in [2.75, 3.05) is 7.11 Å². The number of benzene rings is 2. The average molecular weight is 387 g/mol. The van der Waals surface area contributed by atoms with Gasteiger partial charge in [-0.3, -0.25) is 4.79 Å². The van der Waals surface area contributed by atoms with Gasteiger partial charge in [-0.25, -0.2) is 0 Å². The molecule has 0 aliphatic heterocycles. The average Bonchev–Trinajstić information content (AvgIpc) is 3.19. The van der Waals surface area contributed by atoms with Gasteiger partial charge in [-0.15, -0.1) is 10.2 Å². The molecule has 146 valence electrons. The molecule has 4 aromatic rings. The van der Waals surface area contributed by atoms with Crippen molar-refractivity contribution in [2.24, 2.45) is 0 Å². The number of ether oxygens (including phenoxy) is 1. The molecule has 0 aliphatic rings. The minimum Gasteiger partial charge on any atom is -0.497 e. The first kappa shape index (κ1) is 18.6. The first-order chi connectivity index (χ1) is 14.2. The molecule has 0 fully saturated rings. The van der Waals surface area contributed by atoms with Gasteiger partial charge >= 0.3 is 0 Å². The molecule has 4 rings (SSSR count). The lowest BCUT2D eigenvalue weighted by Crippen LogP contribution is -2.24. The summed E-state index contributed by atoms with van der Waals surface area (Å²) in [5, 5.41) is 15.8. The number of aryl methyl sites for hydroxylation is 1. The Balaban J connectivity index is 1.44. The summed E-state index contributed by atoms with van der Waals surface area (Å²) in [6.45, 7) is 0.272. The van der Waals surface area contributed by atoms with Gasteiger partial charge in [0.15, 0.2) is 11.5 Å². The summed E-state index contributed by atoms with van der Waals surface area (Å²) >= 11 is 0. The molecule has 1 N–H and O–H groups in total. The summed E-state index contributed by atoms with van der Waals surface area (Å²) in [6, 6.07) is 21.4. The number of hydrogen-bond donors (Lipinski definition) is 1. The minimum atomic E-state index is -0.0306. The number of fused-ring (bicyclic) bond motifs is 1. The second kappa shape index (κ2) is 8.52. The van der Waals surface area contributed by atoms with Crippen molar-refractivity contribution in [2.45, 2.75) is 19.4 Å². The smallest absolute Gasteiger partial charge is 0.220 e. The van der Waals surface area contributed by atoms with E-state index in [0.29, 0.717) is 24.3 Å². The molecule has 0 atom stereocenters. The van der Waals surface area contributed by atoms with E-state index >= 15 is 0 Å². The highest BCUT2D eigenvalue weighted by atomic mass is 16.5. The van der Waals surface area contributed by atoms with Crippen LogP contribution in [-0.4, -0.2) is 32.8 Å². The Bertz CT molecular complexity index is 1110. The van der Waals surface area contributed by atoms with Crippen LogP contribution in [0.1, 0.15) is 17.8 Å². The monoisotopic (exact) mass is 387 g/mol. The standard InChI is InChI=1S/C22H21N5O2/c1-29-18-10-8-17(9-11-18)19-12-13-20-24-25-21(27(20)26-19)15-23-22(28)14-7-16-5-3-2-4-6-16/h2-6,8-13H,7,14-15H2,1H3,(H,23,28). The second-order valence-corrected chi connectivity index (χ2v) is 6.60. The molecule has 0 radical (unpaired) electrons. The van der Waals surface area contributed by atoms with Crippen molar-refractivity contribution in [3.8, 4) is 17.0 Å². The summed E-state index contributed by atoms with van der Waals surface area (Å²) in [4.78, 5) is 12.2. The Morgan fingerprint density at radius 3 is 2.55 bits per heavy atom. The molecule has 0 spiro atoms. The Morgan fingerprint density at radius 1 is 1.00 bits per heavy atom. The van der Waals surface area contributed by atoms with Crippen molar-refractivity contribution in [1.29, 1.82) is 0 Å². The lowest BCUT2D eigenvalue weighted by molar-refractivity contribution is -0.121. The van der Waals surface area contributed by atoms with E-state index in [-0.39, 0.29) is 12.5 Å². The normalized spacial score (nSPS) is 10.8. The number of amides is 1. The van der Waals surface area contributed by atoms with Crippen molar-refractivity contribution in [3.63, 3.8) is 0 Å². The van der Waals surface area contributed by atoms with E-state index in [9.17, 15) is 4.79 Å². The zero-order valence-electron chi connectivity index (χ0n) is 16.1. The van der Waals surface area contributed by atoms with Crippen LogP contribution in [0.3, 0.4) is 0 Å². The first-order valence-electron chi connectivity index (χ1n) is 9.39. The van der Waals surface area contributed by atoms with Crippen LogP contribution < -0.4 is 10.1 Å². The highest BCUT2D eigenvalue weighted by Gasteiger charge is 2.10.